The SMILES string of the molecule is CCO[Si](CCCN)(OCC)OCC.CS(=O)(=O)O. The smallest absolute Gasteiger partial charge is 0.374 e. The molecule has 3 N–H and O–H groups in total. The first-order valence-corrected chi connectivity index (χ1v) is 10.1. The van der Waals surface area contributed by atoms with Crippen LogP contribution in [-0.4, -0.2) is 54.4 Å². The van der Waals surface area contributed by atoms with Gasteiger partial charge in [-0.15, -0.1) is 0 Å². The van der Waals surface area contributed by atoms with Crippen LogP contribution < -0.4 is 5.73 Å². The van der Waals surface area contributed by atoms with Gasteiger partial charge >= 0.3 is 8.80 Å². The van der Waals surface area contributed by atoms with Crippen molar-refractivity contribution < 1.29 is 26.2 Å². The van der Waals surface area contributed by atoms with Crippen molar-refractivity contribution in [2.45, 2.75) is 33.2 Å². The van der Waals surface area contributed by atoms with E-state index >= 15 is 0 Å². The molecule has 0 saturated heterocycles. The van der Waals surface area contributed by atoms with E-state index in [2.05, 4.69) is 0 Å². The molecule has 19 heavy (non-hydrogen) atoms. The Kier molecular flexibility index (Phi) is 13.2. The maximum Gasteiger partial charge on any atom is 0.500 e. The monoisotopic (exact) mass is 317 g/mol. The van der Waals surface area contributed by atoms with Crippen molar-refractivity contribution in [3.05, 3.63) is 0 Å². The third-order valence-corrected chi connectivity index (χ3v) is 4.93. The molecular weight excluding hydrogens is 290 g/mol. The maximum atomic E-state index is 9.19. The van der Waals surface area contributed by atoms with Gasteiger partial charge in [-0.25, -0.2) is 0 Å². The summed E-state index contributed by atoms with van der Waals surface area (Å²) in [6.45, 7) is 8.44. The van der Waals surface area contributed by atoms with Crippen LogP contribution in [0.4, 0.5) is 0 Å². The highest BCUT2D eigenvalue weighted by Crippen LogP contribution is 2.17. The van der Waals surface area contributed by atoms with Crippen LogP contribution in [0.1, 0.15) is 27.2 Å². The summed E-state index contributed by atoms with van der Waals surface area (Å²) < 4.78 is 42.8. The quantitative estimate of drug-likeness (QED) is 0.480. The predicted molar refractivity (Wildman–Crippen MR) is 76.6 cm³/mol. The van der Waals surface area contributed by atoms with E-state index in [-0.39, 0.29) is 0 Å². The van der Waals surface area contributed by atoms with Gasteiger partial charge in [0, 0.05) is 25.9 Å². The van der Waals surface area contributed by atoms with Crippen molar-refractivity contribution in [2.24, 2.45) is 5.73 Å². The van der Waals surface area contributed by atoms with Crippen LogP contribution in [0.5, 0.6) is 0 Å². The van der Waals surface area contributed by atoms with Crippen LogP contribution in [0.25, 0.3) is 0 Å². The van der Waals surface area contributed by atoms with Crippen LogP contribution in [0.15, 0.2) is 0 Å². The molecule has 0 heterocycles. The van der Waals surface area contributed by atoms with Gasteiger partial charge < -0.3 is 19.0 Å². The van der Waals surface area contributed by atoms with Gasteiger partial charge in [-0.2, -0.15) is 8.42 Å². The van der Waals surface area contributed by atoms with Gasteiger partial charge in [0.25, 0.3) is 10.1 Å². The minimum absolute atomic E-state index is 0.636. The molecule has 0 aliphatic rings. The molecule has 0 aliphatic carbocycles. The summed E-state index contributed by atoms with van der Waals surface area (Å²) in [6.07, 6.45) is 1.61. The van der Waals surface area contributed by atoms with E-state index < -0.39 is 18.9 Å². The molecule has 0 unspecified atom stereocenters. The van der Waals surface area contributed by atoms with Crippen LogP contribution in [0.3, 0.4) is 0 Å². The lowest BCUT2D eigenvalue weighted by Crippen LogP contribution is -2.46. The maximum absolute atomic E-state index is 9.19. The number of hydrogen-bond donors (Lipinski definition) is 2. The molecule has 0 aromatic heterocycles. The molecule has 0 aromatic rings. The van der Waals surface area contributed by atoms with Gasteiger partial charge in [0.05, 0.1) is 6.26 Å². The lowest BCUT2D eigenvalue weighted by atomic mass is 10.5. The standard InChI is InChI=1S/C9H23NO3Si.CH4O3S/c1-4-11-14(12-5-2,13-6-3)9-7-8-10;1-5(2,3)4/h4-10H2,1-3H3;1H3,(H,2,3,4). The Morgan fingerprint density at radius 3 is 1.58 bits per heavy atom. The van der Waals surface area contributed by atoms with Gasteiger partial charge in [0.1, 0.15) is 0 Å². The minimum Gasteiger partial charge on any atom is -0.374 e. The summed E-state index contributed by atoms with van der Waals surface area (Å²) in [5.74, 6) is 0. The van der Waals surface area contributed by atoms with E-state index in [4.69, 9.17) is 23.6 Å². The van der Waals surface area contributed by atoms with E-state index in [1.165, 1.54) is 0 Å². The summed E-state index contributed by atoms with van der Waals surface area (Å²) in [6, 6.07) is 0.818. The Balaban J connectivity index is 0. The van der Waals surface area contributed by atoms with Gasteiger partial charge in [0.2, 0.25) is 0 Å². The zero-order valence-corrected chi connectivity index (χ0v) is 14.0. The number of nitrogens with two attached hydrogens (primary N) is 1. The lowest BCUT2D eigenvalue weighted by Gasteiger charge is -2.28. The van der Waals surface area contributed by atoms with Crippen molar-refractivity contribution in [1.82, 2.24) is 0 Å². The van der Waals surface area contributed by atoms with Gasteiger partial charge in [-0.05, 0) is 33.7 Å². The minimum atomic E-state index is -3.67. The first-order valence-electron chi connectivity index (χ1n) is 6.29. The van der Waals surface area contributed by atoms with Gasteiger partial charge in [-0.1, -0.05) is 0 Å². The van der Waals surface area contributed by atoms with Gasteiger partial charge in [0.15, 0.2) is 0 Å². The predicted octanol–water partition coefficient (Wildman–Crippen LogP) is 0.888. The van der Waals surface area contributed by atoms with Crippen LogP contribution in [0.2, 0.25) is 6.04 Å². The molecule has 0 aliphatic heterocycles. The second-order valence-electron chi connectivity index (χ2n) is 3.61. The van der Waals surface area contributed by atoms with Gasteiger partial charge in [-0.3, -0.25) is 4.55 Å². The molecule has 0 spiro atoms. The van der Waals surface area contributed by atoms with Crippen molar-refractivity contribution in [1.29, 1.82) is 0 Å². The second-order valence-corrected chi connectivity index (χ2v) is 7.81. The Bertz CT molecular complexity index is 273. The summed E-state index contributed by atoms with van der Waals surface area (Å²) in [5, 5.41) is 0. The molecule has 9 heteroatoms. The highest BCUT2D eigenvalue weighted by atomic mass is 32.2. The zero-order chi connectivity index (χ0) is 15.4. The highest BCUT2D eigenvalue weighted by Gasteiger charge is 2.39. The molecule has 0 saturated carbocycles. The number of hydrogen-bond acceptors (Lipinski definition) is 6. The van der Waals surface area contributed by atoms with Crippen molar-refractivity contribution >= 4 is 18.9 Å². The van der Waals surface area contributed by atoms with E-state index in [9.17, 15) is 8.42 Å². The summed E-state index contributed by atoms with van der Waals surface area (Å²) >= 11 is 0. The van der Waals surface area contributed by atoms with Crippen LogP contribution in [0, 0.1) is 0 Å². The average molecular weight is 317 g/mol. The molecule has 0 rings (SSSR count). The fraction of sp³-hybridized carbons (Fsp3) is 1.00. The molecule has 0 atom stereocenters. The Morgan fingerprint density at radius 2 is 1.37 bits per heavy atom. The summed E-state index contributed by atoms with van der Waals surface area (Å²) in [7, 11) is -6.06. The van der Waals surface area contributed by atoms with E-state index in [0.717, 1.165) is 12.5 Å². The van der Waals surface area contributed by atoms with Crippen LogP contribution >= 0.6 is 0 Å². The third-order valence-electron chi connectivity index (χ3n) is 1.78. The molecule has 118 valence electrons. The summed E-state index contributed by atoms with van der Waals surface area (Å²) in [5.41, 5.74) is 5.48. The summed E-state index contributed by atoms with van der Waals surface area (Å²) in [4.78, 5) is 0. The topological polar surface area (TPSA) is 108 Å². The fourth-order valence-corrected chi connectivity index (χ4v) is 3.96. The normalized spacial score (nSPS) is 11.9. The lowest BCUT2D eigenvalue weighted by molar-refractivity contribution is 0.0710. The molecule has 7 nitrogen and oxygen atoms in total. The molecule has 0 radical (unpaired) electrons. The zero-order valence-electron chi connectivity index (χ0n) is 12.2. The molecule has 0 bridgehead atoms. The van der Waals surface area contributed by atoms with E-state index in [1.54, 1.807) is 0 Å². The highest BCUT2D eigenvalue weighted by molar-refractivity contribution is 7.85. The number of rotatable bonds is 9. The van der Waals surface area contributed by atoms with E-state index in [1.807, 2.05) is 20.8 Å². The molecule has 0 fully saturated rings. The molecule has 0 amide bonds. The largest absolute Gasteiger partial charge is 0.500 e. The first kappa shape index (κ1) is 21.3. The Hall–Kier alpha value is -0.0331. The molecular formula is C10H27NO6SSi. The Morgan fingerprint density at radius 1 is 1.05 bits per heavy atom. The van der Waals surface area contributed by atoms with Crippen molar-refractivity contribution in [2.75, 3.05) is 32.6 Å². The fourth-order valence-electron chi connectivity index (χ4n) is 1.32. The van der Waals surface area contributed by atoms with Crippen LogP contribution in [-0.2, 0) is 23.4 Å². The van der Waals surface area contributed by atoms with Crippen molar-refractivity contribution in [3.63, 3.8) is 0 Å². The third kappa shape index (κ3) is 15.9. The second kappa shape index (κ2) is 11.8. The first-order chi connectivity index (χ1) is 8.74. The average Bonchev–Trinajstić information content (AvgIpc) is 2.25. The van der Waals surface area contributed by atoms with E-state index in [0.29, 0.717) is 32.6 Å². The van der Waals surface area contributed by atoms with Crippen molar-refractivity contribution in [3.8, 4) is 0 Å². The Labute approximate surface area is 117 Å². The molecule has 0 aromatic carbocycles.